The predicted molar refractivity (Wildman–Crippen MR) is 152 cm³/mol. The summed E-state index contributed by atoms with van der Waals surface area (Å²) in [7, 11) is -2.52. The first-order chi connectivity index (χ1) is 19.4. The molecule has 1 amide bonds. The topological polar surface area (TPSA) is 132 Å². The number of carbonyl (C=O) groups is 1. The minimum atomic E-state index is -3.94. The van der Waals surface area contributed by atoms with Crippen LogP contribution in [0.1, 0.15) is 17.3 Å². The van der Waals surface area contributed by atoms with Crippen LogP contribution in [0, 0.1) is 0 Å². The fourth-order valence-corrected chi connectivity index (χ4v) is 5.04. The highest BCUT2D eigenvalue weighted by atomic mass is 32.2. The molecule has 2 heterocycles. The molecule has 0 aliphatic rings. The maximum absolute atomic E-state index is 13.4. The number of amides is 1. The van der Waals surface area contributed by atoms with Crippen LogP contribution in [0.25, 0.3) is 22.2 Å². The fourth-order valence-electron chi connectivity index (χ4n) is 4.04. The quantitative estimate of drug-likeness (QED) is 0.255. The molecule has 0 atom stereocenters. The normalized spacial score (nSPS) is 11.2. The van der Waals surface area contributed by atoms with Crippen LogP contribution in [-0.2, 0) is 10.0 Å². The van der Waals surface area contributed by atoms with E-state index in [-0.39, 0.29) is 22.5 Å². The van der Waals surface area contributed by atoms with Crippen molar-refractivity contribution in [3.8, 4) is 22.9 Å². The van der Waals surface area contributed by atoms with Gasteiger partial charge in [-0.1, -0.05) is 30.3 Å². The lowest BCUT2D eigenvalue weighted by Crippen LogP contribution is -2.15. The Morgan fingerprint density at radius 1 is 0.925 bits per heavy atom. The van der Waals surface area contributed by atoms with Gasteiger partial charge < -0.3 is 14.8 Å². The molecule has 0 spiro atoms. The molecule has 2 aromatic heterocycles. The number of sulfonamides is 1. The molecular formula is C29H25N5O5S. The second-order valence-corrected chi connectivity index (χ2v) is 10.2. The third-order valence-corrected chi connectivity index (χ3v) is 7.28. The van der Waals surface area contributed by atoms with Gasteiger partial charge in [-0.25, -0.2) is 23.4 Å². The van der Waals surface area contributed by atoms with Crippen molar-refractivity contribution < 1.29 is 22.7 Å². The number of aromatic nitrogens is 3. The number of hydrogen-bond acceptors (Lipinski definition) is 8. The number of nitrogens with zero attached hydrogens (tertiary/aromatic N) is 3. The fraction of sp³-hybridized carbons (Fsp3) is 0.103. The lowest BCUT2D eigenvalue weighted by atomic mass is 10.0. The molecule has 0 aliphatic heterocycles. The number of nitrogens with one attached hydrogen (secondary N) is 2. The van der Waals surface area contributed by atoms with Gasteiger partial charge in [0.2, 0.25) is 5.88 Å². The van der Waals surface area contributed by atoms with Crippen LogP contribution < -0.4 is 19.5 Å². The zero-order chi connectivity index (χ0) is 28.1. The molecule has 5 rings (SSSR count). The molecule has 3 aromatic carbocycles. The van der Waals surface area contributed by atoms with E-state index in [1.807, 2.05) is 55.5 Å². The largest absolute Gasteiger partial charge is 0.494 e. The molecular weight excluding hydrogens is 530 g/mol. The van der Waals surface area contributed by atoms with Gasteiger partial charge in [-0.15, -0.1) is 0 Å². The Hall–Kier alpha value is -5.03. The van der Waals surface area contributed by atoms with Gasteiger partial charge in [-0.2, -0.15) is 0 Å². The molecule has 0 radical (unpaired) electrons. The van der Waals surface area contributed by atoms with Crippen LogP contribution >= 0.6 is 0 Å². The molecule has 2 N–H and O–H groups in total. The highest BCUT2D eigenvalue weighted by Gasteiger charge is 2.18. The Bertz CT molecular complexity index is 1790. The molecule has 0 saturated carbocycles. The van der Waals surface area contributed by atoms with Crippen LogP contribution in [0.15, 0.2) is 96.2 Å². The minimum Gasteiger partial charge on any atom is -0.494 e. The van der Waals surface area contributed by atoms with E-state index in [2.05, 4.69) is 20.0 Å². The number of anilines is 2. The second-order valence-electron chi connectivity index (χ2n) is 8.56. The molecule has 0 unspecified atom stereocenters. The average molecular weight is 556 g/mol. The van der Waals surface area contributed by atoms with Crippen molar-refractivity contribution >= 4 is 38.3 Å². The van der Waals surface area contributed by atoms with Crippen molar-refractivity contribution in [1.29, 1.82) is 0 Å². The first kappa shape index (κ1) is 26.6. The van der Waals surface area contributed by atoms with Crippen molar-refractivity contribution in [2.75, 3.05) is 23.8 Å². The molecule has 0 saturated heterocycles. The molecule has 0 fully saturated rings. The summed E-state index contributed by atoms with van der Waals surface area (Å²) in [5.74, 6) is 0.642. The Morgan fingerprint density at radius 2 is 1.73 bits per heavy atom. The van der Waals surface area contributed by atoms with E-state index in [0.29, 0.717) is 40.2 Å². The summed E-state index contributed by atoms with van der Waals surface area (Å²) in [5, 5.41) is 3.55. The summed E-state index contributed by atoms with van der Waals surface area (Å²) in [5.41, 5.74) is 2.96. The van der Waals surface area contributed by atoms with Gasteiger partial charge in [-0.05, 0) is 55.5 Å². The monoisotopic (exact) mass is 555 g/mol. The Balaban J connectivity index is 1.40. The van der Waals surface area contributed by atoms with E-state index in [1.165, 1.54) is 43.8 Å². The standard InChI is InChI=1S/C29H25N5O5S/c1-3-39-21-8-6-7-19(15-21)26-16-24(23-9-4-5-10-25(23)33-26)29(35)32-20-11-13-22(14-12-20)40(36,37)34-27-17-28(38-2)31-18-30-27/h4-18H,3H2,1-2H3,(H,32,35)(H,30,31,34). The lowest BCUT2D eigenvalue weighted by Gasteiger charge is -2.12. The van der Waals surface area contributed by atoms with E-state index in [0.717, 1.165) is 5.56 Å². The summed E-state index contributed by atoms with van der Waals surface area (Å²) < 4.78 is 38.7. The molecule has 5 aromatic rings. The zero-order valence-electron chi connectivity index (χ0n) is 21.7. The van der Waals surface area contributed by atoms with E-state index >= 15 is 0 Å². The Kier molecular flexibility index (Phi) is 7.56. The highest BCUT2D eigenvalue weighted by Crippen LogP contribution is 2.28. The van der Waals surface area contributed by atoms with E-state index in [9.17, 15) is 13.2 Å². The maximum atomic E-state index is 13.4. The third kappa shape index (κ3) is 5.84. The SMILES string of the molecule is CCOc1cccc(-c2cc(C(=O)Nc3ccc(S(=O)(=O)Nc4cc(OC)ncn4)cc3)c3ccccc3n2)c1. The third-order valence-electron chi connectivity index (χ3n) is 5.91. The smallest absolute Gasteiger partial charge is 0.263 e. The maximum Gasteiger partial charge on any atom is 0.263 e. The number of ether oxygens (including phenoxy) is 2. The van der Waals surface area contributed by atoms with Crippen molar-refractivity contribution in [2.45, 2.75) is 11.8 Å². The number of carbonyl (C=O) groups excluding carboxylic acids is 1. The van der Waals surface area contributed by atoms with Crippen LogP contribution in [-0.4, -0.2) is 43.0 Å². The van der Waals surface area contributed by atoms with Crippen LogP contribution in [0.3, 0.4) is 0 Å². The van der Waals surface area contributed by atoms with Crippen LogP contribution in [0.2, 0.25) is 0 Å². The first-order valence-electron chi connectivity index (χ1n) is 12.3. The summed E-state index contributed by atoms with van der Waals surface area (Å²) in [6.07, 6.45) is 1.19. The van der Waals surface area contributed by atoms with Crippen molar-refractivity contribution in [1.82, 2.24) is 15.0 Å². The minimum absolute atomic E-state index is 0.00564. The second kappa shape index (κ2) is 11.4. The van der Waals surface area contributed by atoms with Gasteiger partial charge in [-0.3, -0.25) is 9.52 Å². The summed E-state index contributed by atoms with van der Waals surface area (Å²) in [6.45, 7) is 2.45. The summed E-state index contributed by atoms with van der Waals surface area (Å²) in [4.78, 5) is 26.0. The van der Waals surface area contributed by atoms with Crippen molar-refractivity contribution in [3.63, 3.8) is 0 Å². The number of methoxy groups -OCH3 is 1. The Labute approximate surface area is 231 Å². The van der Waals surface area contributed by atoms with E-state index in [1.54, 1.807) is 6.07 Å². The van der Waals surface area contributed by atoms with Gasteiger partial charge in [0.1, 0.15) is 17.9 Å². The highest BCUT2D eigenvalue weighted by molar-refractivity contribution is 7.92. The van der Waals surface area contributed by atoms with E-state index < -0.39 is 10.0 Å². The van der Waals surface area contributed by atoms with E-state index in [4.69, 9.17) is 14.5 Å². The number of pyridine rings is 1. The Morgan fingerprint density at radius 3 is 2.50 bits per heavy atom. The van der Waals surface area contributed by atoms with Crippen LogP contribution in [0.5, 0.6) is 11.6 Å². The van der Waals surface area contributed by atoms with Crippen molar-refractivity contribution in [3.05, 3.63) is 96.8 Å². The molecule has 10 nitrogen and oxygen atoms in total. The zero-order valence-corrected chi connectivity index (χ0v) is 22.5. The number of rotatable bonds is 9. The van der Waals surface area contributed by atoms with Crippen molar-refractivity contribution in [2.24, 2.45) is 0 Å². The van der Waals surface area contributed by atoms with Gasteiger partial charge in [0.05, 0.1) is 35.4 Å². The molecule has 202 valence electrons. The molecule has 40 heavy (non-hydrogen) atoms. The number of para-hydroxylation sites is 1. The van der Waals surface area contributed by atoms with Crippen LogP contribution in [0.4, 0.5) is 11.5 Å². The summed E-state index contributed by atoms with van der Waals surface area (Å²) in [6, 6.07) is 23.9. The average Bonchev–Trinajstić information content (AvgIpc) is 2.97. The predicted octanol–water partition coefficient (Wildman–Crippen LogP) is 5.15. The first-order valence-corrected chi connectivity index (χ1v) is 13.8. The lowest BCUT2D eigenvalue weighted by molar-refractivity contribution is 0.102. The van der Waals surface area contributed by atoms with Gasteiger partial charge in [0.25, 0.3) is 15.9 Å². The number of benzene rings is 3. The molecule has 0 bridgehead atoms. The molecule has 11 heteroatoms. The number of hydrogen-bond donors (Lipinski definition) is 2. The van der Waals surface area contributed by atoms with Gasteiger partial charge in [0.15, 0.2) is 0 Å². The molecule has 0 aliphatic carbocycles. The van der Waals surface area contributed by atoms with Gasteiger partial charge >= 0.3 is 0 Å². The van der Waals surface area contributed by atoms with Gasteiger partial charge in [0, 0.05) is 22.7 Å². The summed E-state index contributed by atoms with van der Waals surface area (Å²) >= 11 is 0. The number of fused-ring (bicyclic) bond motifs is 1.